The van der Waals surface area contributed by atoms with Gasteiger partial charge in [0.15, 0.2) is 10.8 Å². The standard InChI is InChI=1S/C13H15N5O3S/c1-7-9(22-11(16-7)10-14-6-15-17-10)12(19)18-5-3-2-4-8(18)13(20)21/h6,8H,2-5H2,1H3,(H,20,21)(H,14,15,17). The first-order valence-corrected chi connectivity index (χ1v) is 7.76. The van der Waals surface area contributed by atoms with Crippen LogP contribution in [0.1, 0.15) is 34.6 Å². The van der Waals surface area contributed by atoms with Crippen molar-refractivity contribution < 1.29 is 14.7 Å². The molecule has 0 aromatic carbocycles. The molecule has 2 aromatic rings. The fourth-order valence-corrected chi connectivity index (χ4v) is 3.54. The molecule has 1 saturated heterocycles. The summed E-state index contributed by atoms with van der Waals surface area (Å²) < 4.78 is 0. The highest BCUT2D eigenvalue weighted by atomic mass is 32.1. The van der Waals surface area contributed by atoms with Gasteiger partial charge in [-0.2, -0.15) is 5.10 Å². The van der Waals surface area contributed by atoms with Crippen molar-refractivity contribution in [3.05, 3.63) is 16.9 Å². The predicted molar refractivity (Wildman–Crippen MR) is 78.5 cm³/mol. The Morgan fingerprint density at radius 2 is 2.27 bits per heavy atom. The predicted octanol–water partition coefficient (Wildman–Crippen LogP) is 1.32. The fraction of sp³-hybridized carbons (Fsp3) is 0.462. The third-order valence-corrected chi connectivity index (χ3v) is 4.81. The lowest BCUT2D eigenvalue weighted by Gasteiger charge is -2.32. The molecule has 1 fully saturated rings. The maximum absolute atomic E-state index is 12.7. The van der Waals surface area contributed by atoms with E-state index in [0.29, 0.717) is 34.4 Å². The molecule has 22 heavy (non-hydrogen) atoms. The molecule has 1 atom stereocenters. The van der Waals surface area contributed by atoms with Crippen LogP contribution in [0, 0.1) is 6.92 Å². The maximum Gasteiger partial charge on any atom is 0.326 e. The van der Waals surface area contributed by atoms with Gasteiger partial charge in [-0.15, -0.1) is 11.3 Å². The molecule has 8 nitrogen and oxygen atoms in total. The molecule has 116 valence electrons. The van der Waals surface area contributed by atoms with Crippen molar-refractivity contribution in [1.29, 1.82) is 0 Å². The lowest BCUT2D eigenvalue weighted by atomic mass is 10.0. The second-order valence-corrected chi connectivity index (χ2v) is 6.12. The number of nitrogens with one attached hydrogen (secondary N) is 1. The van der Waals surface area contributed by atoms with Gasteiger partial charge in [-0.1, -0.05) is 0 Å². The molecular formula is C13H15N5O3S. The van der Waals surface area contributed by atoms with Crippen LogP contribution in [-0.2, 0) is 4.79 Å². The van der Waals surface area contributed by atoms with Crippen LogP contribution >= 0.6 is 11.3 Å². The molecule has 0 saturated carbocycles. The third-order valence-electron chi connectivity index (χ3n) is 3.66. The largest absolute Gasteiger partial charge is 0.480 e. The SMILES string of the molecule is Cc1nc(-c2ncn[nH]2)sc1C(=O)N1CCCCC1C(=O)O. The molecule has 0 aliphatic carbocycles. The van der Waals surface area contributed by atoms with Crippen molar-refractivity contribution in [3.63, 3.8) is 0 Å². The number of carboxylic acids is 1. The van der Waals surface area contributed by atoms with Crippen LogP contribution in [0.4, 0.5) is 0 Å². The summed E-state index contributed by atoms with van der Waals surface area (Å²) in [6, 6.07) is -0.753. The van der Waals surface area contributed by atoms with Crippen LogP contribution in [-0.4, -0.2) is 54.6 Å². The van der Waals surface area contributed by atoms with E-state index in [4.69, 9.17) is 0 Å². The molecule has 1 unspecified atom stereocenters. The molecule has 2 aromatic heterocycles. The highest BCUT2D eigenvalue weighted by molar-refractivity contribution is 7.17. The lowest BCUT2D eigenvalue weighted by Crippen LogP contribution is -2.47. The van der Waals surface area contributed by atoms with Crippen molar-refractivity contribution in [1.82, 2.24) is 25.1 Å². The Morgan fingerprint density at radius 1 is 1.45 bits per heavy atom. The Hall–Kier alpha value is -2.29. The topological polar surface area (TPSA) is 112 Å². The summed E-state index contributed by atoms with van der Waals surface area (Å²) >= 11 is 1.20. The van der Waals surface area contributed by atoms with Crippen molar-refractivity contribution >= 4 is 23.2 Å². The van der Waals surface area contributed by atoms with Crippen molar-refractivity contribution in [3.8, 4) is 10.8 Å². The molecule has 1 amide bonds. The number of carboxylic acid groups (broad SMARTS) is 1. The van der Waals surface area contributed by atoms with Gasteiger partial charge in [0.05, 0.1) is 5.69 Å². The van der Waals surface area contributed by atoms with E-state index in [-0.39, 0.29) is 5.91 Å². The van der Waals surface area contributed by atoms with Crippen LogP contribution in [0.2, 0.25) is 0 Å². The van der Waals surface area contributed by atoms with E-state index in [0.717, 1.165) is 12.8 Å². The Bertz CT molecular complexity index is 697. The van der Waals surface area contributed by atoms with E-state index >= 15 is 0 Å². The fourth-order valence-electron chi connectivity index (χ4n) is 2.57. The normalized spacial score (nSPS) is 18.4. The van der Waals surface area contributed by atoms with Crippen LogP contribution in [0.15, 0.2) is 6.33 Å². The Kier molecular flexibility index (Phi) is 3.88. The number of carbonyl (C=O) groups is 2. The van der Waals surface area contributed by atoms with Gasteiger partial charge >= 0.3 is 5.97 Å². The summed E-state index contributed by atoms with van der Waals surface area (Å²) in [6.45, 7) is 2.20. The van der Waals surface area contributed by atoms with Gasteiger partial charge < -0.3 is 10.0 Å². The molecule has 1 aliphatic heterocycles. The number of aromatic amines is 1. The number of nitrogens with zero attached hydrogens (tertiary/aromatic N) is 4. The molecule has 2 N–H and O–H groups in total. The van der Waals surface area contributed by atoms with Gasteiger partial charge in [0, 0.05) is 6.54 Å². The van der Waals surface area contributed by atoms with E-state index in [1.165, 1.54) is 22.6 Å². The number of likely N-dealkylation sites (tertiary alicyclic amines) is 1. The first-order valence-electron chi connectivity index (χ1n) is 6.95. The summed E-state index contributed by atoms with van der Waals surface area (Å²) in [4.78, 5) is 34.3. The van der Waals surface area contributed by atoms with E-state index in [2.05, 4.69) is 20.2 Å². The van der Waals surface area contributed by atoms with Gasteiger partial charge in [0.1, 0.15) is 17.2 Å². The van der Waals surface area contributed by atoms with Crippen LogP contribution < -0.4 is 0 Å². The number of carbonyl (C=O) groups excluding carboxylic acids is 1. The minimum Gasteiger partial charge on any atom is -0.480 e. The van der Waals surface area contributed by atoms with Crippen molar-refractivity contribution in [2.75, 3.05) is 6.54 Å². The van der Waals surface area contributed by atoms with Gasteiger partial charge in [-0.25, -0.2) is 14.8 Å². The van der Waals surface area contributed by atoms with Gasteiger partial charge in [-0.05, 0) is 26.2 Å². The lowest BCUT2D eigenvalue weighted by molar-refractivity contribution is -0.143. The highest BCUT2D eigenvalue weighted by Gasteiger charge is 2.34. The summed E-state index contributed by atoms with van der Waals surface area (Å²) in [7, 11) is 0. The average Bonchev–Trinajstić information content (AvgIpc) is 3.15. The van der Waals surface area contributed by atoms with Crippen LogP contribution in [0.3, 0.4) is 0 Å². The molecule has 3 rings (SSSR count). The molecule has 9 heteroatoms. The number of H-pyrrole nitrogens is 1. The Morgan fingerprint density at radius 3 is 2.95 bits per heavy atom. The summed E-state index contributed by atoms with van der Waals surface area (Å²) in [5.41, 5.74) is 0.580. The first-order chi connectivity index (χ1) is 10.6. The van der Waals surface area contributed by atoms with E-state index < -0.39 is 12.0 Å². The minimum atomic E-state index is -0.953. The smallest absolute Gasteiger partial charge is 0.326 e. The Balaban J connectivity index is 1.90. The van der Waals surface area contributed by atoms with Crippen molar-refractivity contribution in [2.24, 2.45) is 0 Å². The molecule has 0 radical (unpaired) electrons. The molecule has 3 heterocycles. The van der Waals surface area contributed by atoms with E-state index in [1.54, 1.807) is 6.92 Å². The monoisotopic (exact) mass is 321 g/mol. The number of piperidine rings is 1. The zero-order valence-corrected chi connectivity index (χ0v) is 12.8. The number of hydrogen-bond acceptors (Lipinski definition) is 6. The number of amides is 1. The van der Waals surface area contributed by atoms with Crippen molar-refractivity contribution in [2.45, 2.75) is 32.2 Å². The second-order valence-electron chi connectivity index (χ2n) is 5.12. The van der Waals surface area contributed by atoms with E-state index in [1.807, 2.05) is 0 Å². The van der Waals surface area contributed by atoms with Crippen LogP contribution in [0.5, 0.6) is 0 Å². The van der Waals surface area contributed by atoms with Gasteiger partial charge in [-0.3, -0.25) is 9.89 Å². The summed E-state index contributed by atoms with van der Waals surface area (Å²) in [5.74, 6) is -0.723. The molecule has 0 bridgehead atoms. The first kappa shape index (κ1) is 14.6. The maximum atomic E-state index is 12.7. The quantitative estimate of drug-likeness (QED) is 0.881. The number of aryl methyl sites for hydroxylation is 1. The third kappa shape index (κ3) is 2.59. The summed E-state index contributed by atoms with van der Waals surface area (Å²) in [5, 5.41) is 16.3. The van der Waals surface area contributed by atoms with Gasteiger partial charge in [0.25, 0.3) is 5.91 Å². The number of hydrogen-bond donors (Lipinski definition) is 2. The van der Waals surface area contributed by atoms with Crippen LogP contribution in [0.25, 0.3) is 10.8 Å². The highest BCUT2D eigenvalue weighted by Crippen LogP contribution is 2.28. The number of thiazole rings is 1. The number of rotatable bonds is 3. The zero-order valence-electron chi connectivity index (χ0n) is 11.9. The Labute approximate surface area is 130 Å². The van der Waals surface area contributed by atoms with E-state index in [9.17, 15) is 14.7 Å². The summed E-state index contributed by atoms with van der Waals surface area (Å²) in [6.07, 6.45) is 3.51. The second kappa shape index (κ2) is 5.84. The molecule has 0 spiro atoms. The average molecular weight is 321 g/mol. The molecule has 1 aliphatic rings. The number of aliphatic carboxylic acids is 1. The zero-order chi connectivity index (χ0) is 15.7. The molecular weight excluding hydrogens is 306 g/mol. The minimum absolute atomic E-state index is 0.270. The van der Waals surface area contributed by atoms with Gasteiger partial charge in [0.2, 0.25) is 0 Å². The number of aromatic nitrogens is 4.